The Morgan fingerprint density at radius 1 is 1.42 bits per heavy atom. The molecule has 0 saturated carbocycles. The Bertz CT molecular complexity index is 281. The first-order chi connectivity index (χ1) is 5.75. The summed E-state index contributed by atoms with van der Waals surface area (Å²) >= 11 is 0. The van der Waals surface area contributed by atoms with E-state index in [1.54, 1.807) is 0 Å². The van der Waals surface area contributed by atoms with Crippen molar-refractivity contribution < 1.29 is 4.74 Å². The van der Waals surface area contributed by atoms with Crippen molar-refractivity contribution in [2.75, 3.05) is 6.61 Å². The Kier molecular flexibility index (Phi) is 2.86. The van der Waals surface area contributed by atoms with Crippen LogP contribution < -0.4 is 0 Å². The van der Waals surface area contributed by atoms with Crippen LogP contribution >= 0.6 is 0 Å². The van der Waals surface area contributed by atoms with E-state index in [-0.39, 0.29) is 5.90 Å². The third-order valence-corrected chi connectivity index (χ3v) is 1.68. The topological polar surface area (TPSA) is 33.1 Å². The summed E-state index contributed by atoms with van der Waals surface area (Å²) in [6, 6.07) is 7.74. The summed E-state index contributed by atoms with van der Waals surface area (Å²) in [5.74, 6) is 0.260. The van der Waals surface area contributed by atoms with E-state index in [4.69, 9.17) is 10.1 Å². The van der Waals surface area contributed by atoms with Gasteiger partial charge in [0.15, 0.2) is 0 Å². The lowest BCUT2D eigenvalue weighted by Crippen LogP contribution is -2.06. The third-order valence-electron chi connectivity index (χ3n) is 1.68. The Labute approximate surface area is 72.7 Å². The average Bonchev–Trinajstić information content (AvgIpc) is 2.05. The molecule has 1 rings (SSSR count). The highest BCUT2D eigenvalue weighted by atomic mass is 16.5. The minimum absolute atomic E-state index is 0.260. The summed E-state index contributed by atoms with van der Waals surface area (Å²) in [6.45, 7) is 4.41. The standard InChI is InChI=1S/C10H13NO/c1-3-12-10(11)9-7-5-4-6-8(9)2/h4-7,11H,3H2,1-2H3. The van der Waals surface area contributed by atoms with Gasteiger partial charge in [0.25, 0.3) is 0 Å². The van der Waals surface area contributed by atoms with Gasteiger partial charge < -0.3 is 4.74 Å². The Morgan fingerprint density at radius 2 is 2.08 bits per heavy atom. The summed E-state index contributed by atoms with van der Waals surface area (Å²) in [6.07, 6.45) is 0. The van der Waals surface area contributed by atoms with Gasteiger partial charge >= 0.3 is 0 Å². The van der Waals surface area contributed by atoms with Crippen molar-refractivity contribution in [3.63, 3.8) is 0 Å². The minimum Gasteiger partial charge on any atom is -0.478 e. The molecule has 0 fully saturated rings. The number of rotatable bonds is 2. The molecule has 2 nitrogen and oxygen atoms in total. The SMILES string of the molecule is CCOC(=N)c1ccccc1C. The van der Waals surface area contributed by atoms with Crippen LogP contribution in [0, 0.1) is 12.3 Å². The molecule has 0 radical (unpaired) electrons. The fraction of sp³-hybridized carbons (Fsp3) is 0.300. The zero-order valence-electron chi connectivity index (χ0n) is 7.42. The molecule has 0 atom stereocenters. The molecule has 0 heterocycles. The second-order valence-corrected chi connectivity index (χ2v) is 2.58. The van der Waals surface area contributed by atoms with E-state index in [0.717, 1.165) is 11.1 Å². The fourth-order valence-corrected chi connectivity index (χ4v) is 1.05. The molecular formula is C10H13NO. The van der Waals surface area contributed by atoms with Crippen LogP contribution in [0.25, 0.3) is 0 Å². The highest BCUT2D eigenvalue weighted by Crippen LogP contribution is 2.07. The smallest absolute Gasteiger partial charge is 0.213 e. The van der Waals surface area contributed by atoms with Crippen LogP contribution in [0.4, 0.5) is 0 Å². The lowest BCUT2D eigenvalue weighted by atomic mass is 10.1. The second-order valence-electron chi connectivity index (χ2n) is 2.58. The number of benzene rings is 1. The molecule has 1 aromatic carbocycles. The lowest BCUT2D eigenvalue weighted by molar-refractivity contribution is 0.325. The van der Waals surface area contributed by atoms with E-state index in [2.05, 4.69) is 0 Å². The van der Waals surface area contributed by atoms with Crippen LogP contribution in [-0.2, 0) is 4.74 Å². The van der Waals surface area contributed by atoms with Crippen LogP contribution in [-0.4, -0.2) is 12.5 Å². The quantitative estimate of drug-likeness (QED) is 0.527. The molecule has 12 heavy (non-hydrogen) atoms. The van der Waals surface area contributed by atoms with Gasteiger partial charge in [-0.2, -0.15) is 0 Å². The third kappa shape index (κ3) is 1.84. The van der Waals surface area contributed by atoms with Gasteiger partial charge in [-0.05, 0) is 25.5 Å². The van der Waals surface area contributed by atoms with Crippen molar-refractivity contribution in [1.82, 2.24) is 0 Å². The van der Waals surface area contributed by atoms with Gasteiger partial charge in [-0.25, -0.2) is 0 Å². The number of ether oxygens (including phenoxy) is 1. The Morgan fingerprint density at radius 3 is 2.67 bits per heavy atom. The van der Waals surface area contributed by atoms with Crippen LogP contribution in [0.5, 0.6) is 0 Å². The van der Waals surface area contributed by atoms with Gasteiger partial charge in [0, 0.05) is 5.56 Å². The van der Waals surface area contributed by atoms with Crippen molar-refractivity contribution >= 4 is 5.90 Å². The molecule has 0 bridgehead atoms. The average molecular weight is 163 g/mol. The fourth-order valence-electron chi connectivity index (χ4n) is 1.05. The summed E-state index contributed by atoms with van der Waals surface area (Å²) in [7, 11) is 0. The number of hydrogen-bond acceptors (Lipinski definition) is 2. The number of aryl methyl sites for hydroxylation is 1. The van der Waals surface area contributed by atoms with Crippen LogP contribution in [0.1, 0.15) is 18.1 Å². The van der Waals surface area contributed by atoms with E-state index >= 15 is 0 Å². The van der Waals surface area contributed by atoms with Gasteiger partial charge in [0.1, 0.15) is 0 Å². The minimum atomic E-state index is 0.260. The monoisotopic (exact) mass is 163 g/mol. The molecule has 64 valence electrons. The van der Waals surface area contributed by atoms with Crippen LogP contribution in [0.2, 0.25) is 0 Å². The Hall–Kier alpha value is -1.31. The van der Waals surface area contributed by atoms with E-state index in [0.29, 0.717) is 6.61 Å². The highest BCUT2D eigenvalue weighted by Gasteiger charge is 2.03. The summed E-state index contributed by atoms with van der Waals surface area (Å²) < 4.78 is 5.09. The first kappa shape index (κ1) is 8.78. The van der Waals surface area contributed by atoms with Crippen molar-refractivity contribution in [3.8, 4) is 0 Å². The molecule has 0 aliphatic heterocycles. The molecule has 0 spiro atoms. The molecule has 1 aromatic rings. The number of nitrogens with one attached hydrogen (secondary N) is 1. The van der Waals surface area contributed by atoms with Gasteiger partial charge in [-0.3, -0.25) is 5.41 Å². The summed E-state index contributed by atoms with van der Waals surface area (Å²) in [5, 5.41) is 7.55. The summed E-state index contributed by atoms with van der Waals surface area (Å²) in [4.78, 5) is 0. The Balaban J connectivity index is 2.87. The number of hydrogen-bond donors (Lipinski definition) is 1. The van der Waals surface area contributed by atoms with Crippen molar-refractivity contribution in [1.29, 1.82) is 5.41 Å². The molecule has 0 saturated heterocycles. The molecule has 0 aliphatic rings. The first-order valence-corrected chi connectivity index (χ1v) is 4.03. The molecule has 0 unspecified atom stereocenters. The molecule has 2 heteroatoms. The molecular weight excluding hydrogens is 150 g/mol. The highest BCUT2D eigenvalue weighted by molar-refractivity contribution is 5.92. The zero-order chi connectivity index (χ0) is 8.97. The van der Waals surface area contributed by atoms with E-state index in [1.807, 2.05) is 38.1 Å². The van der Waals surface area contributed by atoms with E-state index in [1.165, 1.54) is 0 Å². The van der Waals surface area contributed by atoms with Crippen molar-refractivity contribution in [2.24, 2.45) is 0 Å². The van der Waals surface area contributed by atoms with Crippen molar-refractivity contribution in [3.05, 3.63) is 35.4 Å². The van der Waals surface area contributed by atoms with Gasteiger partial charge in [-0.15, -0.1) is 0 Å². The maximum absolute atomic E-state index is 7.55. The predicted octanol–water partition coefficient (Wildman–Crippen LogP) is 2.36. The largest absolute Gasteiger partial charge is 0.478 e. The molecule has 0 amide bonds. The summed E-state index contributed by atoms with van der Waals surface area (Å²) in [5.41, 5.74) is 1.95. The van der Waals surface area contributed by atoms with Gasteiger partial charge in [0.05, 0.1) is 6.61 Å². The maximum Gasteiger partial charge on any atom is 0.213 e. The maximum atomic E-state index is 7.55. The molecule has 0 aliphatic carbocycles. The normalized spacial score (nSPS) is 9.50. The predicted molar refractivity (Wildman–Crippen MR) is 49.6 cm³/mol. The molecule has 0 aromatic heterocycles. The molecule has 1 N–H and O–H groups in total. The van der Waals surface area contributed by atoms with Crippen LogP contribution in [0.3, 0.4) is 0 Å². The van der Waals surface area contributed by atoms with Crippen molar-refractivity contribution in [2.45, 2.75) is 13.8 Å². The van der Waals surface area contributed by atoms with E-state index in [9.17, 15) is 0 Å². The first-order valence-electron chi connectivity index (χ1n) is 4.03. The lowest BCUT2D eigenvalue weighted by Gasteiger charge is -2.06. The van der Waals surface area contributed by atoms with Gasteiger partial charge in [-0.1, -0.05) is 18.2 Å². The van der Waals surface area contributed by atoms with Gasteiger partial charge in [0.2, 0.25) is 5.90 Å². The van der Waals surface area contributed by atoms with E-state index < -0.39 is 0 Å². The second kappa shape index (κ2) is 3.90. The van der Waals surface area contributed by atoms with Crippen LogP contribution in [0.15, 0.2) is 24.3 Å². The zero-order valence-corrected chi connectivity index (χ0v) is 7.42.